The van der Waals surface area contributed by atoms with Gasteiger partial charge in [-0.05, 0) is 26.8 Å². The normalized spacial score (nSPS) is 18.9. The van der Waals surface area contributed by atoms with Crippen molar-refractivity contribution in [3.8, 4) is 0 Å². The fourth-order valence-electron chi connectivity index (χ4n) is 1.36. The molecule has 0 aliphatic carbocycles. The van der Waals surface area contributed by atoms with Crippen LogP contribution in [0.5, 0.6) is 0 Å². The second-order valence-corrected chi connectivity index (χ2v) is 4.64. The SMILES string of the molecule is Cc1nc(C)c(NC(=O)[C@H]2CCN2)s1.Cl. The van der Waals surface area contributed by atoms with Crippen molar-refractivity contribution >= 4 is 34.7 Å². The molecule has 84 valence electrons. The van der Waals surface area contributed by atoms with E-state index in [1.807, 2.05) is 13.8 Å². The van der Waals surface area contributed by atoms with Crippen molar-refractivity contribution in [3.63, 3.8) is 0 Å². The van der Waals surface area contributed by atoms with E-state index in [1.54, 1.807) is 0 Å². The van der Waals surface area contributed by atoms with Gasteiger partial charge in [-0.1, -0.05) is 0 Å². The Morgan fingerprint density at radius 2 is 2.27 bits per heavy atom. The van der Waals surface area contributed by atoms with Gasteiger partial charge in [0.1, 0.15) is 5.00 Å². The van der Waals surface area contributed by atoms with Crippen LogP contribution in [0, 0.1) is 13.8 Å². The van der Waals surface area contributed by atoms with Crippen molar-refractivity contribution in [2.75, 3.05) is 11.9 Å². The summed E-state index contributed by atoms with van der Waals surface area (Å²) in [6.07, 6.45) is 0.933. The number of halogens is 1. The molecule has 0 radical (unpaired) electrons. The van der Waals surface area contributed by atoms with E-state index in [2.05, 4.69) is 15.6 Å². The molecule has 0 spiro atoms. The quantitative estimate of drug-likeness (QED) is 0.833. The fourth-order valence-corrected chi connectivity index (χ4v) is 2.18. The van der Waals surface area contributed by atoms with Crippen LogP contribution < -0.4 is 10.6 Å². The zero-order chi connectivity index (χ0) is 10.1. The molecule has 1 atom stereocenters. The van der Waals surface area contributed by atoms with E-state index >= 15 is 0 Å². The number of anilines is 1. The zero-order valence-electron chi connectivity index (χ0n) is 8.66. The molecule has 2 N–H and O–H groups in total. The van der Waals surface area contributed by atoms with E-state index in [-0.39, 0.29) is 24.4 Å². The fraction of sp³-hybridized carbons (Fsp3) is 0.556. The lowest BCUT2D eigenvalue weighted by Gasteiger charge is -2.25. The maximum Gasteiger partial charge on any atom is 0.242 e. The molecule has 0 saturated carbocycles. The summed E-state index contributed by atoms with van der Waals surface area (Å²) in [4.78, 5) is 15.8. The number of amides is 1. The van der Waals surface area contributed by atoms with E-state index in [0.29, 0.717) is 0 Å². The first kappa shape index (κ1) is 12.4. The summed E-state index contributed by atoms with van der Waals surface area (Å²) >= 11 is 1.52. The van der Waals surface area contributed by atoms with Gasteiger partial charge in [-0.15, -0.1) is 23.7 Å². The molecule has 1 aliphatic heterocycles. The van der Waals surface area contributed by atoms with E-state index in [0.717, 1.165) is 28.7 Å². The number of carbonyl (C=O) groups is 1. The van der Waals surface area contributed by atoms with Gasteiger partial charge in [-0.2, -0.15) is 0 Å². The van der Waals surface area contributed by atoms with Crippen LogP contribution >= 0.6 is 23.7 Å². The topological polar surface area (TPSA) is 54.0 Å². The first-order valence-electron chi connectivity index (χ1n) is 4.65. The van der Waals surface area contributed by atoms with Crippen LogP contribution in [0.3, 0.4) is 0 Å². The molecule has 1 saturated heterocycles. The molecular weight excluding hydrogens is 234 g/mol. The van der Waals surface area contributed by atoms with Gasteiger partial charge in [-0.25, -0.2) is 4.98 Å². The Kier molecular flexibility index (Phi) is 4.07. The minimum absolute atomic E-state index is 0. The Balaban J connectivity index is 0.00000112. The highest BCUT2D eigenvalue weighted by Crippen LogP contribution is 2.23. The smallest absolute Gasteiger partial charge is 0.242 e. The van der Waals surface area contributed by atoms with Crippen molar-refractivity contribution in [2.45, 2.75) is 26.3 Å². The third-order valence-corrected chi connectivity index (χ3v) is 3.27. The van der Waals surface area contributed by atoms with Crippen molar-refractivity contribution in [3.05, 3.63) is 10.7 Å². The van der Waals surface area contributed by atoms with Gasteiger partial charge >= 0.3 is 0 Å². The standard InChI is InChI=1S/C9H13N3OS.ClH/c1-5-9(14-6(2)11-5)12-8(13)7-3-4-10-7;/h7,10H,3-4H2,1-2H3,(H,12,13);1H/t7-;/m1./s1. The van der Waals surface area contributed by atoms with Crippen LogP contribution in [0.25, 0.3) is 0 Å². The maximum absolute atomic E-state index is 11.6. The van der Waals surface area contributed by atoms with Gasteiger partial charge in [0.05, 0.1) is 16.7 Å². The summed E-state index contributed by atoms with van der Waals surface area (Å²) in [6.45, 7) is 4.79. The lowest BCUT2D eigenvalue weighted by atomic mass is 10.1. The molecule has 0 unspecified atom stereocenters. The second kappa shape index (κ2) is 4.92. The highest BCUT2D eigenvalue weighted by Gasteiger charge is 2.25. The number of aromatic nitrogens is 1. The van der Waals surface area contributed by atoms with Crippen molar-refractivity contribution < 1.29 is 4.79 Å². The van der Waals surface area contributed by atoms with Gasteiger partial charge in [-0.3, -0.25) is 4.79 Å². The third-order valence-electron chi connectivity index (χ3n) is 2.28. The first-order chi connectivity index (χ1) is 6.66. The highest BCUT2D eigenvalue weighted by atomic mass is 35.5. The molecule has 2 heterocycles. The van der Waals surface area contributed by atoms with Gasteiger partial charge in [0.15, 0.2) is 0 Å². The summed E-state index contributed by atoms with van der Waals surface area (Å²) in [7, 11) is 0. The molecule has 4 nitrogen and oxygen atoms in total. The van der Waals surface area contributed by atoms with E-state index in [1.165, 1.54) is 11.3 Å². The molecule has 1 aromatic heterocycles. The summed E-state index contributed by atoms with van der Waals surface area (Å²) in [5.41, 5.74) is 0.903. The van der Waals surface area contributed by atoms with Crippen LogP contribution in [0.4, 0.5) is 5.00 Å². The van der Waals surface area contributed by atoms with E-state index in [9.17, 15) is 4.79 Å². The highest BCUT2D eigenvalue weighted by molar-refractivity contribution is 7.16. The van der Waals surface area contributed by atoms with Gasteiger partial charge < -0.3 is 10.6 Å². The molecule has 2 rings (SSSR count). The maximum atomic E-state index is 11.6. The van der Waals surface area contributed by atoms with Crippen molar-refractivity contribution in [1.82, 2.24) is 10.3 Å². The average Bonchev–Trinajstić information content (AvgIpc) is 2.26. The van der Waals surface area contributed by atoms with E-state index in [4.69, 9.17) is 0 Å². The lowest BCUT2D eigenvalue weighted by molar-refractivity contribution is -0.119. The summed E-state index contributed by atoms with van der Waals surface area (Å²) in [5.74, 6) is 0.0583. The second-order valence-electron chi connectivity index (χ2n) is 3.43. The monoisotopic (exact) mass is 247 g/mol. The van der Waals surface area contributed by atoms with Crippen LogP contribution in [0.1, 0.15) is 17.1 Å². The predicted octanol–water partition coefficient (Wildman–Crippen LogP) is 1.48. The van der Waals surface area contributed by atoms with Crippen LogP contribution in [-0.4, -0.2) is 23.5 Å². The number of rotatable bonds is 2. The molecule has 15 heavy (non-hydrogen) atoms. The summed E-state index contributed by atoms with van der Waals surface area (Å²) < 4.78 is 0. The lowest BCUT2D eigenvalue weighted by Crippen LogP contribution is -2.50. The van der Waals surface area contributed by atoms with Crippen molar-refractivity contribution in [1.29, 1.82) is 0 Å². The predicted molar refractivity (Wildman–Crippen MR) is 63.9 cm³/mol. The van der Waals surface area contributed by atoms with Gasteiger partial charge in [0, 0.05) is 0 Å². The molecule has 1 aromatic rings. The van der Waals surface area contributed by atoms with Crippen LogP contribution in [0.2, 0.25) is 0 Å². The molecule has 6 heteroatoms. The minimum Gasteiger partial charge on any atom is -0.315 e. The number of thiazole rings is 1. The molecule has 1 amide bonds. The number of hydrogen-bond acceptors (Lipinski definition) is 4. The Morgan fingerprint density at radius 1 is 1.60 bits per heavy atom. The van der Waals surface area contributed by atoms with Crippen LogP contribution in [-0.2, 0) is 4.79 Å². The molecule has 1 aliphatic rings. The molecular formula is C9H14ClN3OS. The molecule has 1 fully saturated rings. The largest absolute Gasteiger partial charge is 0.315 e. The first-order valence-corrected chi connectivity index (χ1v) is 5.47. The Morgan fingerprint density at radius 3 is 2.67 bits per heavy atom. The number of nitrogens with zero attached hydrogens (tertiary/aromatic N) is 1. The van der Waals surface area contributed by atoms with Gasteiger partial charge in [0.2, 0.25) is 5.91 Å². The summed E-state index contributed by atoms with van der Waals surface area (Å²) in [6, 6.07) is -0.00296. The summed E-state index contributed by atoms with van der Waals surface area (Å²) in [5, 5.41) is 7.81. The minimum atomic E-state index is -0.00296. The Bertz CT molecular complexity index is 362. The third kappa shape index (κ3) is 2.68. The molecule has 0 bridgehead atoms. The van der Waals surface area contributed by atoms with E-state index < -0.39 is 0 Å². The number of nitrogens with one attached hydrogen (secondary N) is 2. The van der Waals surface area contributed by atoms with Crippen molar-refractivity contribution in [2.24, 2.45) is 0 Å². The average molecular weight is 248 g/mol. The molecule has 0 aromatic carbocycles. The number of hydrogen-bond donors (Lipinski definition) is 2. The number of carbonyl (C=O) groups excluding carboxylic acids is 1. The van der Waals surface area contributed by atoms with Crippen LogP contribution in [0.15, 0.2) is 0 Å². The Hall–Kier alpha value is -0.650. The zero-order valence-corrected chi connectivity index (χ0v) is 10.3. The van der Waals surface area contributed by atoms with Gasteiger partial charge in [0.25, 0.3) is 0 Å². The Labute approximate surface area is 98.9 Å². The number of aryl methyl sites for hydroxylation is 2.